The lowest BCUT2D eigenvalue weighted by Gasteiger charge is -2.31. The van der Waals surface area contributed by atoms with Crippen LogP contribution in [0, 0.1) is 11.8 Å². The summed E-state index contributed by atoms with van der Waals surface area (Å²) in [6, 6.07) is -0.00663. The first-order valence-electron chi connectivity index (χ1n) is 7.30. The highest BCUT2D eigenvalue weighted by molar-refractivity contribution is 5.85. The molecule has 2 fully saturated rings. The zero-order chi connectivity index (χ0) is 13.0. The maximum atomic E-state index is 12.1. The first-order chi connectivity index (χ1) is 8.66. The van der Waals surface area contributed by atoms with E-state index >= 15 is 0 Å². The average molecular weight is 291 g/mol. The van der Waals surface area contributed by atoms with Crippen LogP contribution in [-0.4, -0.2) is 31.2 Å². The van der Waals surface area contributed by atoms with Crippen LogP contribution in [0.5, 0.6) is 0 Å². The van der Waals surface area contributed by atoms with Gasteiger partial charge in [0.2, 0.25) is 5.91 Å². The van der Waals surface area contributed by atoms with E-state index < -0.39 is 0 Å². The summed E-state index contributed by atoms with van der Waals surface area (Å²) in [6.45, 7) is 3.77. The molecule has 1 unspecified atom stereocenters. The topological polar surface area (TPSA) is 64.4 Å². The highest BCUT2D eigenvalue weighted by Gasteiger charge is 2.28. The van der Waals surface area contributed by atoms with Crippen LogP contribution in [0.4, 0.5) is 0 Å². The third kappa shape index (κ3) is 4.93. The molecule has 0 aromatic carbocycles. The van der Waals surface area contributed by atoms with E-state index in [4.69, 9.17) is 10.5 Å². The van der Waals surface area contributed by atoms with Gasteiger partial charge in [-0.1, -0.05) is 6.92 Å². The molecule has 3 N–H and O–H groups in total. The van der Waals surface area contributed by atoms with Gasteiger partial charge in [0.05, 0.1) is 6.04 Å². The third-order valence-electron chi connectivity index (χ3n) is 4.44. The van der Waals surface area contributed by atoms with Gasteiger partial charge in [0.25, 0.3) is 0 Å². The number of rotatable bonds is 3. The van der Waals surface area contributed by atoms with Gasteiger partial charge in [-0.2, -0.15) is 0 Å². The van der Waals surface area contributed by atoms with Crippen molar-refractivity contribution in [3.63, 3.8) is 0 Å². The Bertz CT molecular complexity index is 275. The summed E-state index contributed by atoms with van der Waals surface area (Å²) in [7, 11) is 0. The molecule has 1 aliphatic carbocycles. The van der Waals surface area contributed by atoms with Crippen molar-refractivity contribution in [2.24, 2.45) is 17.6 Å². The molecule has 2 aliphatic rings. The molecule has 1 atom stereocenters. The van der Waals surface area contributed by atoms with Gasteiger partial charge in [0.1, 0.15) is 0 Å². The number of hydrogen-bond acceptors (Lipinski definition) is 3. The molecule has 0 spiro atoms. The van der Waals surface area contributed by atoms with E-state index in [0.717, 1.165) is 44.8 Å². The SMILES string of the molecule is CC1CCC(NC(=O)C(N)C2CCOCC2)CC1.Cl. The zero-order valence-corrected chi connectivity index (χ0v) is 12.6. The largest absolute Gasteiger partial charge is 0.381 e. The summed E-state index contributed by atoms with van der Waals surface area (Å²) in [5, 5.41) is 3.13. The maximum absolute atomic E-state index is 12.1. The minimum Gasteiger partial charge on any atom is -0.381 e. The van der Waals surface area contributed by atoms with E-state index in [2.05, 4.69) is 12.2 Å². The first-order valence-corrected chi connectivity index (χ1v) is 7.30. The molecule has 4 nitrogen and oxygen atoms in total. The monoisotopic (exact) mass is 290 g/mol. The summed E-state index contributed by atoms with van der Waals surface area (Å²) in [6.07, 6.45) is 6.47. The highest BCUT2D eigenvalue weighted by Crippen LogP contribution is 2.24. The maximum Gasteiger partial charge on any atom is 0.237 e. The second-order valence-electron chi connectivity index (χ2n) is 5.94. The van der Waals surface area contributed by atoms with Crippen LogP contribution in [0.25, 0.3) is 0 Å². The van der Waals surface area contributed by atoms with E-state index in [1.807, 2.05) is 0 Å². The molecule has 5 heteroatoms. The third-order valence-corrected chi connectivity index (χ3v) is 4.44. The second-order valence-corrected chi connectivity index (χ2v) is 5.94. The van der Waals surface area contributed by atoms with E-state index in [1.165, 1.54) is 12.8 Å². The molecule has 2 rings (SSSR count). The Morgan fingerprint density at radius 1 is 1.16 bits per heavy atom. The van der Waals surface area contributed by atoms with Crippen molar-refractivity contribution in [2.45, 2.75) is 57.5 Å². The van der Waals surface area contributed by atoms with E-state index in [1.54, 1.807) is 0 Å². The van der Waals surface area contributed by atoms with Crippen molar-refractivity contribution in [3.8, 4) is 0 Å². The van der Waals surface area contributed by atoms with Crippen molar-refractivity contribution >= 4 is 18.3 Å². The number of nitrogens with one attached hydrogen (secondary N) is 1. The quantitative estimate of drug-likeness (QED) is 0.834. The number of carbonyl (C=O) groups excluding carboxylic acids is 1. The molecule has 1 amide bonds. The van der Waals surface area contributed by atoms with E-state index in [0.29, 0.717) is 12.0 Å². The van der Waals surface area contributed by atoms with Gasteiger partial charge < -0.3 is 15.8 Å². The lowest BCUT2D eigenvalue weighted by atomic mass is 9.86. The number of amides is 1. The van der Waals surface area contributed by atoms with Gasteiger partial charge in [-0.3, -0.25) is 4.79 Å². The average Bonchev–Trinajstić information content (AvgIpc) is 2.41. The van der Waals surface area contributed by atoms with Crippen molar-refractivity contribution in [2.75, 3.05) is 13.2 Å². The van der Waals surface area contributed by atoms with Gasteiger partial charge >= 0.3 is 0 Å². The summed E-state index contributed by atoms with van der Waals surface area (Å²) < 4.78 is 5.30. The molecule has 0 radical (unpaired) electrons. The van der Waals surface area contributed by atoms with E-state index in [-0.39, 0.29) is 24.4 Å². The van der Waals surface area contributed by atoms with Crippen molar-refractivity contribution < 1.29 is 9.53 Å². The Morgan fingerprint density at radius 3 is 2.32 bits per heavy atom. The molecule has 1 saturated carbocycles. The molecule has 0 bridgehead atoms. The zero-order valence-electron chi connectivity index (χ0n) is 11.8. The second kappa shape index (κ2) is 8.08. The summed E-state index contributed by atoms with van der Waals surface area (Å²) in [4.78, 5) is 12.1. The van der Waals surface area contributed by atoms with Gasteiger partial charge in [-0.15, -0.1) is 12.4 Å². The number of halogens is 1. The lowest BCUT2D eigenvalue weighted by molar-refractivity contribution is -0.125. The molecule has 1 aliphatic heterocycles. The van der Waals surface area contributed by atoms with Crippen LogP contribution in [0.1, 0.15) is 45.4 Å². The Balaban J connectivity index is 0.00000180. The minimum absolute atomic E-state index is 0. The summed E-state index contributed by atoms with van der Waals surface area (Å²) >= 11 is 0. The fraction of sp³-hybridized carbons (Fsp3) is 0.929. The number of nitrogens with two attached hydrogens (primary N) is 1. The molecular formula is C14H27ClN2O2. The van der Waals surface area contributed by atoms with Crippen molar-refractivity contribution in [3.05, 3.63) is 0 Å². The predicted molar refractivity (Wildman–Crippen MR) is 78.3 cm³/mol. The van der Waals surface area contributed by atoms with Crippen LogP contribution < -0.4 is 11.1 Å². The van der Waals surface area contributed by atoms with Crippen LogP contribution in [0.3, 0.4) is 0 Å². The molecular weight excluding hydrogens is 264 g/mol. The molecule has 0 aromatic heterocycles. The predicted octanol–water partition coefficient (Wildman–Crippen LogP) is 1.86. The molecule has 1 heterocycles. The summed E-state index contributed by atoms with van der Waals surface area (Å²) in [5.41, 5.74) is 6.07. The van der Waals surface area contributed by atoms with Crippen LogP contribution in [-0.2, 0) is 9.53 Å². The smallest absolute Gasteiger partial charge is 0.237 e. The van der Waals surface area contributed by atoms with Crippen LogP contribution in [0.15, 0.2) is 0 Å². The molecule has 112 valence electrons. The normalized spacial score (nSPS) is 30.2. The Morgan fingerprint density at radius 2 is 1.74 bits per heavy atom. The summed E-state index contributed by atoms with van der Waals surface area (Å²) in [5.74, 6) is 1.14. The van der Waals surface area contributed by atoms with Gasteiger partial charge in [-0.25, -0.2) is 0 Å². The van der Waals surface area contributed by atoms with Gasteiger partial charge in [-0.05, 0) is 50.4 Å². The molecule has 19 heavy (non-hydrogen) atoms. The fourth-order valence-corrected chi connectivity index (χ4v) is 2.99. The molecule has 1 saturated heterocycles. The van der Waals surface area contributed by atoms with E-state index in [9.17, 15) is 4.79 Å². The van der Waals surface area contributed by atoms with Crippen LogP contribution >= 0.6 is 12.4 Å². The fourth-order valence-electron chi connectivity index (χ4n) is 2.99. The van der Waals surface area contributed by atoms with Gasteiger partial charge in [0, 0.05) is 19.3 Å². The number of hydrogen-bond donors (Lipinski definition) is 2. The first kappa shape index (κ1) is 16.7. The number of carbonyl (C=O) groups is 1. The molecule has 0 aromatic rings. The Labute approximate surface area is 122 Å². The minimum atomic E-state index is -0.353. The standard InChI is InChI=1S/C14H26N2O2.ClH/c1-10-2-4-12(5-3-10)16-14(17)13(15)11-6-8-18-9-7-11;/h10-13H,2-9,15H2,1H3,(H,16,17);1H. The van der Waals surface area contributed by atoms with Gasteiger partial charge in [0.15, 0.2) is 0 Å². The number of ether oxygens (including phenoxy) is 1. The Kier molecular flexibility index (Phi) is 7.11. The highest BCUT2D eigenvalue weighted by atomic mass is 35.5. The lowest BCUT2D eigenvalue weighted by Crippen LogP contribution is -2.50. The van der Waals surface area contributed by atoms with Crippen LogP contribution in [0.2, 0.25) is 0 Å². The van der Waals surface area contributed by atoms with Crippen molar-refractivity contribution in [1.29, 1.82) is 0 Å². The van der Waals surface area contributed by atoms with Crippen molar-refractivity contribution in [1.82, 2.24) is 5.32 Å². The Hall–Kier alpha value is -0.320.